The normalized spacial score (nSPS) is 11.5. The molecule has 63 heavy (non-hydrogen) atoms. The van der Waals surface area contributed by atoms with E-state index in [-0.39, 0.29) is 0 Å². The van der Waals surface area contributed by atoms with Gasteiger partial charge in [-0.15, -0.1) is 0 Å². The highest BCUT2D eigenvalue weighted by molar-refractivity contribution is 6.21. The molecule has 0 atom stereocenters. The van der Waals surface area contributed by atoms with E-state index in [1.54, 1.807) is 0 Å². The van der Waals surface area contributed by atoms with E-state index in [9.17, 15) is 0 Å². The van der Waals surface area contributed by atoms with Crippen molar-refractivity contribution in [3.8, 4) is 73.0 Å². The van der Waals surface area contributed by atoms with Crippen LogP contribution in [0.5, 0.6) is 0 Å². The van der Waals surface area contributed by atoms with Crippen LogP contribution >= 0.6 is 0 Å². The van der Waals surface area contributed by atoms with Gasteiger partial charge in [0.05, 0.1) is 22.4 Å². The SMILES string of the molecule is c1ccc(-c2ccc(-n3c4ccncc4c4cc(-c5cc(-c6ccccc6)nc(-c6ccc(-c7c8ccccc8c(-c8ccccc8)c8ccccc78)cc6)n5)ccc43)cc2)cc1. The molecule has 4 nitrogen and oxygen atoms in total. The lowest BCUT2D eigenvalue weighted by molar-refractivity contribution is 1.17. The van der Waals surface area contributed by atoms with Crippen LogP contribution in [0.2, 0.25) is 0 Å². The largest absolute Gasteiger partial charge is 0.309 e. The van der Waals surface area contributed by atoms with Crippen LogP contribution in [0.15, 0.2) is 231 Å². The molecule has 294 valence electrons. The third kappa shape index (κ3) is 6.36. The smallest absolute Gasteiger partial charge is 0.160 e. The van der Waals surface area contributed by atoms with Crippen molar-refractivity contribution >= 4 is 43.4 Å². The Hall–Kier alpha value is -8.47. The molecule has 0 aliphatic heterocycles. The van der Waals surface area contributed by atoms with Crippen molar-refractivity contribution in [2.75, 3.05) is 0 Å². The Morgan fingerprint density at radius 1 is 0.302 bits per heavy atom. The van der Waals surface area contributed by atoms with Gasteiger partial charge < -0.3 is 4.57 Å². The Balaban J connectivity index is 0.977. The number of hydrogen-bond acceptors (Lipinski definition) is 3. The van der Waals surface area contributed by atoms with Crippen molar-refractivity contribution in [2.24, 2.45) is 0 Å². The molecule has 0 amide bonds. The minimum Gasteiger partial charge on any atom is -0.309 e. The van der Waals surface area contributed by atoms with Gasteiger partial charge in [-0.25, -0.2) is 9.97 Å². The number of fused-ring (bicyclic) bond motifs is 5. The molecule has 9 aromatic carbocycles. The number of benzene rings is 9. The number of hydrogen-bond donors (Lipinski definition) is 0. The van der Waals surface area contributed by atoms with Gasteiger partial charge in [0, 0.05) is 45.5 Å². The minimum absolute atomic E-state index is 0.676. The first kappa shape index (κ1) is 36.4. The van der Waals surface area contributed by atoms with Crippen LogP contribution in [0.25, 0.3) is 116 Å². The van der Waals surface area contributed by atoms with Gasteiger partial charge in [0.15, 0.2) is 5.82 Å². The predicted octanol–water partition coefficient (Wildman–Crippen LogP) is 15.3. The second-order valence-corrected chi connectivity index (χ2v) is 16.0. The standard InChI is InChI=1S/C59H38N4/c1-4-14-39(15-5-1)40-28-31-46(32-29-40)63-55-33-30-45(36-51(55)52-38-60-35-34-56(52)63)54-37-53(41-16-6-2-7-17-41)61-59(62-54)44-26-24-43(25-27-44)58-49-22-12-10-20-47(49)57(42-18-8-3-9-19-42)48-21-11-13-23-50(48)58/h1-38H. The van der Waals surface area contributed by atoms with Gasteiger partial charge in [-0.2, -0.15) is 0 Å². The molecular weight excluding hydrogens is 765 g/mol. The van der Waals surface area contributed by atoms with Crippen LogP contribution in [0.3, 0.4) is 0 Å². The van der Waals surface area contributed by atoms with E-state index >= 15 is 0 Å². The third-order valence-corrected chi connectivity index (χ3v) is 12.3. The van der Waals surface area contributed by atoms with E-state index in [4.69, 9.17) is 9.97 Å². The van der Waals surface area contributed by atoms with Crippen molar-refractivity contribution in [2.45, 2.75) is 0 Å². The average molecular weight is 803 g/mol. The number of aromatic nitrogens is 4. The molecule has 0 N–H and O–H groups in total. The van der Waals surface area contributed by atoms with Crippen LogP contribution in [-0.2, 0) is 0 Å². The van der Waals surface area contributed by atoms with E-state index in [2.05, 4.69) is 222 Å². The van der Waals surface area contributed by atoms with E-state index in [1.807, 2.05) is 18.5 Å². The van der Waals surface area contributed by atoms with Crippen LogP contribution in [0.1, 0.15) is 0 Å². The quantitative estimate of drug-likeness (QED) is 0.151. The molecule has 0 bridgehead atoms. The zero-order valence-corrected chi connectivity index (χ0v) is 34.2. The summed E-state index contributed by atoms with van der Waals surface area (Å²) < 4.78 is 2.33. The fourth-order valence-electron chi connectivity index (χ4n) is 9.36. The first-order valence-corrected chi connectivity index (χ1v) is 21.3. The second kappa shape index (κ2) is 15.2. The molecule has 0 radical (unpaired) electrons. The summed E-state index contributed by atoms with van der Waals surface area (Å²) in [5.41, 5.74) is 15.3. The molecule has 3 aromatic heterocycles. The lowest BCUT2D eigenvalue weighted by atomic mass is 9.86. The molecule has 3 heterocycles. The summed E-state index contributed by atoms with van der Waals surface area (Å²) in [7, 11) is 0. The molecule has 0 saturated heterocycles. The van der Waals surface area contributed by atoms with Crippen molar-refractivity contribution in [1.82, 2.24) is 19.5 Å². The van der Waals surface area contributed by atoms with Gasteiger partial charge in [-0.3, -0.25) is 4.98 Å². The lowest BCUT2D eigenvalue weighted by Gasteiger charge is -2.18. The van der Waals surface area contributed by atoms with E-state index < -0.39 is 0 Å². The van der Waals surface area contributed by atoms with Crippen molar-refractivity contribution in [3.63, 3.8) is 0 Å². The molecule has 0 spiro atoms. The molecule has 0 aliphatic rings. The third-order valence-electron chi connectivity index (χ3n) is 12.3. The minimum atomic E-state index is 0.676. The summed E-state index contributed by atoms with van der Waals surface area (Å²) in [5.74, 6) is 0.676. The van der Waals surface area contributed by atoms with Gasteiger partial charge in [-0.05, 0) is 91.3 Å². The molecular formula is C59H38N4. The van der Waals surface area contributed by atoms with Crippen molar-refractivity contribution < 1.29 is 0 Å². The highest BCUT2D eigenvalue weighted by Crippen LogP contribution is 2.44. The fraction of sp³-hybridized carbons (Fsp3) is 0. The van der Waals surface area contributed by atoms with Crippen LogP contribution in [0.4, 0.5) is 0 Å². The number of rotatable bonds is 7. The van der Waals surface area contributed by atoms with E-state index in [0.29, 0.717) is 5.82 Å². The predicted molar refractivity (Wildman–Crippen MR) is 262 cm³/mol. The second-order valence-electron chi connectivity index (χ2n) is 16.0. The monoisotopic (exact) mass is 802 g/mol. The summed E-state index contributed by atoms with van der Waals surface area (Å²) in [6, 6.07) is 77.7. The highest BCUT2D eigenvalue weighted by atomic mass is 15.0. The Kier molecular flexibility index (Phi) is 8.79. The fourth-order valence-corrected chi connectivity index (χ4v) is 9.36. The first-order valence-electron chi connectivity index (χ1n) is 21.3. The molecule has 0 fully saturated rings. The van der Waals surface area contributed by atoms with E-state index in [0.717, 1.165) is 61.1 Å². The molecule has 0 saturated carbocycles. The molecule has 4 heteroatoms. The number of pyridine rings is 1. The molecule has 12 aromatic rings. The maximum absolute atomic E-state index is 5.30. The van der Waals surface area contributed by atoms with E-state index in [1.165, 1.54) is 49.4 Å². The Labute approximate surface area is 365 Å². The topological polar surface area (TPSA) is 43.6 Å². The summed E-state index contributed by atoms with van der Waals surface area (Å²) in [4.78, 5) is 15.1. The molecule has 12 rings (SSSR count). The summed E-state index contributed by atoms with van der Waals surface area (Å²) in [6.45, 7) is 0. The number of nitrogens with zero attached hydrogens (tertiary/aromatic N) is 4. The van der Waals surface area contributed by atoms with Crippen LogP contribution in [0, 0.1) is 0 Å². The average Bonchev–Trinajstić information content (AvgIpc) is 3.70. The highest BCUT2D eigenvalue weighted by Gasteiger charge is 2.19. The van der Waals surface area contributed by atoms with Crippen molar-refractivity contribution in [3.05, 3.63) is 231 Å². The van der Waals surface area contributed by atoms with Gasteiger partial charge in [0.2, 0.25) is 0 Å². The summed E-state index contributed by atoms with van der Waals surface area (Å²) >= 11 is 0. The Bertz CT molecular complexity index is 3580. The van der Waals surface area contributed by atoms with Gasteiger partial charge >= 0.3 is 0 Å². The van der Waals surface area contributed by atoms with Crippen LogP contribution in [-0.4, -0.2) is 19.5 Å². The molecule has 0 aliphatic carbocycles. The summed E-state index contributed by atoms with van der Waals surface area (Å²) in [5, 5.41) is 7.13. The Morgan fingerprint density at radius 3 is 1.35 bits per heavy atom. The molecule has 0 unspecified atom stereocenters. The zero-order valence-electron chi connectivity index (χ0n) is 34.2. The maximum atomic E-state index is 5.30. The van der Waals surface area contributed by atoms with Gasteiger partial charge in [0.1, 0.15) is 0 Å². The Morgan fingerprint density at radius 2 is 0.746 bits per heavy atom. The lowest BCUT2D eigenvalue weighted by Crippen LogP contribution is -1.96. The van der Waals surface area contributed by atoms with Gasteiger partial charge in [-0.1, -0.05) is 182 Å². The van der Waals surface area contributed by atoms with Gasteiger partial charge in [0.25, 0.3) is 0 Å². The van der Waals surface area contributed by atoms with Crippen molar-refractivity contribution in [1.29, 1.82) is 0 Å². The maximum Gasteiger partial charge on any atom is 0.160 e. The zero-order chi connectivity index (χ0) is 41.7. The van der Waals surface area contributed by atoms with Crippen LogP contribution < -0.4 is 0 Å². The summed E-state index contributed by atoms with van der Waals surface area (Å²) in [6.07, 6.45) is 3.84. The first-order chi connectivity index (χ1) is 31.2.